The van der Waals surface area contributed by atoms with E-state index < -0.39 is 10.0 Å². The second-order valence-corrected chi connectivity index (χ2v) is 8.45. The molecule has 0 aromatic heterocycles. The molecule has 1 heterocycles. The molecule has 0 saturated carbocycles. The summed E-state index contributed by atoms with van der Waals surface area (Å²) in [5.41, 5.74) is 2.80. The van der Waals surface area contributed by atoms with Crippen LogP contribution < -0.4 is 9.64 Å². The van der Waals surface area contributed by atoms with Crippen LogP contribution in [0.2, 0.25) is 0 Å². The molecule has 6 nitrogen and oxygen atoms in total. The number of benzene rings is 2. The molecule has 0 atom stereocenters. The molecule has 0 bridgehead atoms. The fraction of sp³-hybridized carbons (Fsp3) is 0.368. The van der Waals surface area contributed by atoms with Crippen molar-refractivity contribution >= 4 is 15.7 Å². The van der Waals surface area contributed by atoms with Crippen LogP contribution in [0, 0.1) is 0 Å². The number of hydrogen-bond donors (Lipinski definition) is 0. The third-order valence-electron chi connectivity index (χ3n) is 4.50. The van der Waals surface area contributed by atoms with Crippen molar-refractivity contribution in [2.45, 2.75) is 4.90 Å². The molecule has 0 spiro atoms. The third kappa shape index (κ3) is 3.70. The highest BCUT2D eigenvalue weighted by atomic mass is 32.2. The summed E-state index contributed by atoms with van der Waals surface area (Å²) in [6.07, 6.45) is 0. The Hall–Kier alpha value is -2.09. The predicted molar refractivity (Wildman–Crippen MR) is 102 cm³/mol. The fourth-order valence-electron chi connectivity index (χ4n) is 2.96. The lowest BCUT2D eigenvalue weighted by atomic mass is 10.0. The van der Waals surface area contributed by atoms with E-state index in [2.05, 4.69) is 4.90 Å². The Morgan fingerprint density at radius 1 is 1.04 bits per heavy atom. The smallest absolute Gasteiger partial charge is 0.242 e. The highest BCUT2D eigenvalue weighted by molar-refractivity contribution is 7.89. The molecule has 3 rings (SSSR count). The lowest BCUT2D eigenvalue weighted by molar-refractivity contribution is 0.122. The molecule has 26 heavy (non-hydrogen) atoms. The molecule has 0 N–H and O–H groups in total. The largest absolute Gasteiger partial charge is 0.496 e. The van der Waals surface area contributed by atoms with E-state index in [-0.39, 0.29) is 4.90 Å². The Morgan fingerprint density at radius 3 is 2.27 bits per heavy atom. The summed E-state index contributed by atoms with van der Waals surface area (Å²) in [6, 6.07) is 13.0. The van der Waals surface area contributed by atoms with Crippen molar-refractivity contribution in [3.05, 3.63) is 42.5 Å². The zero-order valence-corrected chi connectivity index (χ0v) is 16.1. The summed E-state index contributed by atoms with van der Waals surface area (Å²) in [4.78, 5) is 2.52. The highest BCUT2D eigenvalue weighted by Gasteiger charge is 2.20. The number of morpholine rings is 1. The standard InChI is InChI=1S/C19H24N2O4S/c1-20(2)26(22,23)17-8-9-19(24-3)18(14-17)15-4-6-16(7-5-15)21-10-12-25-13-11-21/h4-9,14H,10-13H2,1-3H3. The number of methoxy groups -OCH3 is 1. The molecule has 2 aromatic rings. The molecular formula is C19H24N2O4S. The average Bonchev–Trinajstić information content (AvgIpc) is 2.68. The highest BCUT2D eigenvalue weighted by Crippen LogP contribution is 2.34. The van der Waals surface area contributed by atoms with Gasteiger partial charge in [0, 0.05) is 38.4 Å². The molecule has 2 aromatic carbocycles. The molecule has 0 aliphatic carbocycles. The Morgan fingerprint density at radius 2 is 1.69 bits per heavy atom. The van der Waals surface area contributed by atoms with Gasteiger partial charge in [-0.25, -0.2) is 12.7 Å². The van der Waals surface area contributed by atoms with Crippen molar-refractivity contribution in [1.82, 2.24) is 4.31 Å². The van der Waals surface area contributed by atoms with Gasteiger partial charge in [-0.1, -0.05) is 12.1 Å². The minimum atomic E-state index is -3.50. The molecule has 1 saturated heterocycles. The van der Waals surface area contributed by atoms with Crippen LogP contribution in [-0.2, 0) is 14.8 Å². The number of hydrogen-bond acceptors (Lipinski definition) is 5. The van der Waals surface area contributed by atoms with Gasteiger partial charge in [0.2, 0.25) is 10.0 Å². The first-order chi connectivity index (χ1) is 12.4. The summed E-state index contributed by atoms with van der Waals surface area (Å²) in [6.45, 7) is 3.22. The van der Waals surface area contributed by atoms with Crippen LogP contribution in [0.25, 0.3) is 11.1 Å². The summed E-state index contributed by atoms with van der Waals surface area (Å²) in [5.74, 6) is 0.641. The van der Waals surface area contributed by atoms with Crippen LogP contribution in [0.4, 0.5) is 5.69 Å². The number of rotatable bonds is 5. The Balaban J connectivity index is 1.97. The zero-order chi connectivity index (χ0) is 18.7. The monoisotopic (exact) mass is 376 g/mol. The van der Waals surface area contributed by atoms with E-state index in [1.165, 1.54) is 18.4 Å². The van der Waals surface area contributed by atoms with Crippen LogP contribution in [0.3, 0.4) is 0 Å². The molecule has 0 radical (unpaired) electrons. The van der Waals surface area contributed by atoms with Gasteiger partial charge in [0.1, 0.15) is 5.75 Å². The van der Waals surface area contributed by atoms with Gasteiger partial charge >= 0.3 is 0 Å². The Bertz CT molecular complexity index is 858. The fourth-order valence-corrected chi connectivity index (χ4v) is 3.89. The van der Waals surface area contributed by atoms with Crippen LogP contribution in [0.5, 0.6) is 5.75 Å². The normalized spacial score (nSPS) is 15.3. The third-order valence-corrected chi connectivity index (χ3v) is 6.32. The topological polar surface area (TPSA) is 59.1 Å². The van der Waals surface area contributed by atoms with E-state index in [4.69, 9.17) is 9.47 Å². The van der Waals surface area contributed by atoms with Gasteiger partial charge in [-0.05, 0) is 35.9 Å². The van der Waals surface area contributed by atoms with E-state index in [1.54, 1.807) is 25.3 Å². The van der Waals surface area contributed by atoms with Crippen LogP contribution in [0.1, 0.15) is 0 Å². The molecule has 140 valence electrons. The number of nitrogens with zero attached hydrogens (tertiary/aromatic N) is 2. The minimum absolute atomic E-state index is 0.246. The zero-order valence-electron chi connectivity index (χ0n) is 15.3. The van der Waals surface area contributed by atoms with Gasteiger partial charge in [-0.2, -0.15) is 0 Å². The molecular weight excluding hydrogens is 352 g/mol. The number of sulfonamides is 1. The van der Waals surface area contributed by atoms with Crippen molar-refractivity contribution in [2.75, 3.05) is 52.4 Å². The van der Waals surface area contributed by atoms with Crippen LogP contribution >= 0.6 is 0 Å². The van der Waals surface area contributed by atoms with E-state index >= 15 is 0 Å². The SMILES string of the molecule is COc1ccc(S(=O)(=O)N(C)C)cc1-c1ccc(N2CCOCC2)cc1. The number of ether oxygens (including phenoxy) is 2. The number of anilines is 1. The lowest BCUT2D eigenvalue weighted by Crippen LogP contribution is -2.36. The Kier molecular flexibility index (Phi) is 5.50. The van der Waals surface area contributed by atoms with Gasteiger partial charge in [0.25, 0.3) is 0 Å². The molecule has 1 aliphatic heterocycles. The molecule has 7 heteroatoms. The van der Waals surface area contributed by atoms with Gasteiger partial charge in [0.05, 0.1) is 25.2 Å². The summed E-state index contributed by atoms with van der Waals surface area (Å²) < 4.78 is 36.9. The van der Waals surface area contributed by atoms with E-state index in [0.29, 0.717) is 5.75 Å². The van der Waals surface area contributed by atoms with E-state index in [1.807, 2.05) is 24.3 Å². The van der Waals surface area contributed by atoms with Gasteiger partial charge < -0.3 is 14.4 Å². The molecule has 1 fully saturated rings. The maximum atomic E-state index is 12.4. The minimum Gasteiger partial charge on any atom is -0.496 e. The van der Waals surface area contributed by atoms with Crippen molar-refractivity contribution in [3.8, 4) is 16.9 Å². The first-order valence-corrected chi connectivity index (χ1v) is 9.91. The second kappa shape index (κ2) is 7.65. The van der Waals surface area contributed by atoms with E-state index in [0.717, 1.165) is 43.1 Å². The predicted octanol–water partition coefficient (Wildman–Crippen LogP) is 2.45. The molecule has 0 unspecified atom stereocenters. The van der Waals surface area contributed by atoms with Crippen molar-refractivity contribution in [2.24, 2.45) is 0 Å². The lowest BCUT2D eigenvalue weighted by Gasteiger charge is -2.29. The maximum absolute atomic E-state index is 12.4. The molecule has 0 amide bonds. The quantitative estimate of drug-likeness (QED) is 0.802. The molecule has 1 aliphatic rings. The van der Waals surface area contributed by atoms with Gasteiger partial charge in [-0.3, -0.25) is 0 Å². The van der Waals surface area contributed by atoms with Crippen LogP contribution in [-0.4, -0.2) is 60.2 Å². The summed E-state index contributed by atoms with van der Waals surface area (Å²) >= 11 is 0. The Labute approximate surface area is 155 Å². The van der Waals surface area contributed by atoms with Crippen molar-refractivity contribution in [3.63, 3.8) is 0 Å². The second-order valence-electron chi connectivity index (χ2n) is 6.30. The van der Waals surface area contributed by atoms with Gasteiger partial charge in [-0.15, -0.1) is 0 Å². The van der Waals surface area contributed by atoms with E-state index in [9.17, 15) is 8.42 Å². The summed E-state index contributed by atoms with van der Waals surface area (Å²) in [7, 11) is 1.13. The summed E-state index contributed by atoms with van der Waals surface area (Å²) in [5, 5.41) is 0. The van der Waals surface area contributed by atoms with Crippen molar-refractivity contribution in [1.29, 1.82) is 0 Å². The van der Waals surface area contributed by atoms with Crippen LogP contribution in [0.15, 0.2) is 47.4 Å². The first-order valence-electron chi connectivity index (χ1n) is 8.47. The first kappa shape index (κ1) is 18.7. The maximum Gasteiger partial charge on any atom is 0.242 e. The van der Waals surface area contributed by atoms with Gasteiger partial charge in [0.15, 0.2) is 0 Å². The average molecular weight is 376 g/mol. The van der Waals surface area contributed by atoms with Crippen molar-refractivity contribution < 1.29 is 17.9 Å².